The number of rotatable bonds is 8. The van der Waals surface area contributed by atoms with Crippen molar-refractivity contribution in [3.8, 4) is 17.2 Å². The van der Waals surface area contributed by atoms with Crippen molar-refractivity contribution >= 4 is 11.8 Å². The summed E-state index contributed by atoms with van der Waals surface area (Å²) in [7, 11) is 0. The number of hydrogen-bond acceptors (Lipinski definition) is 3. The van der Waals surface area contributed by atoms with Crippen molar-refractivity contribution in [3.05, 3.63) is 0 Å². The lowest BCUT2D eigenvalue weighted by Crippen LogP contribution is -2.08. The van der Waals surface area contributed by atoms with E-state index in [9.17, 15) is 0 Å². The van der Waals surface area contributed by atoms with Gasteiger partial charge in [-0.1, -0.05) is 52.4 Å². The van der Waals surface area contributed by atoms with E-state index in [1.807, 2.05) is 0 Å². The molecule has 2 nitrogen and oxygen atoms in total. The molecule has 0 aliphatic rings. The fourth-order valence-corrected chi connectivity index (χ4v) is 2.02. The fourth-order valence-electron chi connectivity index (χ4n) is 1.48. The first-order valence-electron chi connectivity index (χ1n) is 6.71. The molecule has 0 aliphatic carbocycles. The molecule has 1 unspecified atom stereocenters. The number of nitrogens with zero attached hydrogens (tertiary/aromatic N) is 1. The van der Waals surface area contributed by atoms with Crippen LogP contribution in [0, 0.1) is 34.3 Å². The Morgan fingerprint density at radius 2 is 1.78 bits per heavy atom. The van der Waals surface area contributed by atoms with E-state index in [2.05, 4.69) is 44.9 Å². The minimum atomic E-state index is -0.0244. The van der Waals surface area contributed by atoms with Gasteiger partial charge < -0.3 is 4.74 Å². The Morgan fingerprint density at radius 1 is 1.11 bits per heavy atom. The van der Waals surface area contributed by atoms with E-state index < -0.39 is 0 Å². The highest BCUT2D eigenvalue weighted by Gasteiger charge is 2.08. The summed E-state index contributed by atoms with van der Waals surface area (Å²) >= 11 is 1.21. The first kappa shape index (κ1) is 17.4. The maximum absolute atomic E-state index is 8.72. The quantitative estimate of drug-likeness (QED) is 0.282. The molecule has 0 bridgehead atoms. The molecule has 0 amide bonds. The lowest BCUT2D eigenvalue weighted by molar-refractivity contribution is 0.135. The summed E-state index contributed by atoms with van der Waals surface area (Å²) in [6, 6.07) is 0. The van der Waals surface area contributed by atoms with Gasteiger partial charge in [0, 0.05) is 5.92 Å². The number of thioether (sulfide) groups is 1. The smallest absolute Gasteiger partial charge is 0.136 e. The van der Waals surface area contributed by atoms with Crippen LogP contribution in [0.5, 0.6) is 0 Å². The van der Waals surface area contributed by atoms with Crippen molar-refractivity contribution in [1.29, 1.82) is 5.26 Å². The van der Waals surface area contributed by atoms with E-state index in [1.54, 1.807) is 0 Å². The van der Waals surface area contributed by atoms with Crippen LogP contribution < -0.4 is 0 Å². The van der Waals surface area contributed by atoms with Crippen LogP contribution in [-0.4, -0.2) is 12.0 Å². The molecule has 1 atom stereocenters. The van der Waals surface area contributed by atoms with Gasteiger partial charge in [-0.25, -0.2) is 0 Å². The van der Waals surface area contributed by atoms with Gasteiger partial charge in [0.05, 0.1) is 0 Å². The standard InChI is InChI=1S/C15H25NOS/c1-13(2)8-5-6-10-15(18-12-16)17-11-7-9-14(3)4/h13-15H,5-6,8,10-11H2,1-4H3. The van der Waals surface area contributed by atoms with Crippen LogP contribution in [0.25, 0.3) is 0 Å². The van der Waals surface area contributed by atoms with Crippen LogP contribution in [0.2, 0.25) is 0 Å². The summed E-state index contributed by atoms with van der Waals surface area (Å²) in [5.41, 5.74) is -0.0244. The Bertz CT molecular complexity index is 296. The second kappa shape index (κ2) is 11.5. The number of nitriles is 1. The molecule has 0 aromatic heterocycles. The maximum atomic E-state index is 8.72. The Kier molecular flexibility index (Phi) is 11.0. The third-order valence-electron chi connectivity index (χ3n) is 2.39. The van der Waals surface area contributed by atoms with Gasteiger partial charge in [0.15, 0.2) is 0 Å². The number of thiocyanates is 1. The first-order chi connectivity index (χ1) is 8.56. The minimum absolute atomic E-state index is 0.0244. The number of ether oxygens (including phenoxy) is 1. The number of unbranched alkanes of at least 4 members (excludes halogenated alkanes) is 1. The fraction of sp³-hybridized carbons (Fsp3) is 0.800. The van der Waals surface area contributed by atoms with Crippen LogP contribution in [0.4, 0.5) is 0 Å². The van der Waals surface area contributed by atoms with Crippen molar-refractivity contribution in [2.45, 2.75) is 58.8 Å². The van der Waals surface area contributed by atoms with Gasteiger partial charge in [-0.3, -0.25) is 0 Å². The summed E-state index contributed by atoms with van der Waals surface area (Å²) in [5, 5.41) is 10.8. The summed E-state index contributed by atoms with van der Waals surface area (Å²) in [6.07, 6.45) is 4.52. The molecule has 0 radical (unpaired) electrons. The second-order valence-corrected chi connectivity index (χ2v) is 6.05. The van der Waals surface area contributed by atoms with Crippen molar-refractivity contribution in [2.24, 2.45) is 11.8 Å². The first-order valence-corrected chi connectivity index (χ1v) is 7.59. The zero-order chi connectivity index (χ0) is 13.8. The molecule has 0 aromatic rings. The highest BCUT2D eigenvalue weighted by molar-refractivity contribution is 8.04. The summed E-state index contributed by atoms with van der Waals surface area (Å²) in [6.45, 7) is 9.02. The lowest BCUT2D eigenvalue weighted by Gasteiger charge is -2.12. The van der Waals surface area contributed by atoms with Gasteiger partial charge >= 0.3 is 0 Å². The summed E-state index contributed by atoms with van der Waals surface area (Å²) in [5.74, 6) is 7.18. The van der Waals surface area contributed by atoms with Crippen LogP contribution in [0.15, 0.2) is 0 Å². The average molecular weight is 267 g/mol. The molecule has 0 aliphatic heterocycles. The molecule has 0 rings (SSSR count). The molecule has 0 fully saturated rings. The van der Waals surface area contributed by atoms with Gasteiger partial charge in [-0.05, 0) is 30.5 Å². The van der Waals surface area contributed by atoms with Crippen molar-refractivity contribution in [2.75, 3.05) is 6.61 Å². The van der Waals surface area contributed by atoms with Crippen molar-refractivity contribution in [3.63, 3.8) is 0 Å². The molecule has 0 saturated carbocycles. The zero-order valence-electron chi connectivity index (χ0n) is 12.0. The minimum Gasteiger partial charge on any atom is -0.354 e. The second-order valence-electron chi connectivity index (χ2n) is 5.10. The topological polar surface area (TPSA) is 33.0 Å². The summed E-state index contributed by atoms with van der Waals surface area (Å²) < 4.78 is 5.61. The highest BCUT2D eigenvalue weighted by Crippen LogP contribution is 2.19. The molecule has 0 saturated heterocycles. The van der Waals surface area contributed by atoms with Crippen LogP contribution in [0.1, 0.15) is 53.4 Å². The van der Waals surface area contributed by atoms with E-state index >= 15 is 0 Å². The maximum Gasteiger partial charge on any atom is 0.136 e. The van der Waals surface area contributed by atoms with E-state index in [-0.39, 0.29) is 5.44 Å². The van der Waals surface area contributed by atoms with Crippen molar-refractivity contribution < 1.29 is 4.74 Å². The SMILES string of the molecule is CC(C)C#CCOC(CCCCC(C)C)SC#N. The van der Waals surface area contributed by atoms with Gasteiger partial charge in [0.2, 0.25) is 0 Å². The van der Waals surface area contributed by atoms with E-state index in [4.69, 9.17) is 10.00 Å². The lowest BCUT2D eigenvalue weighted by atomic mass is 10.1. The molecule has 0 heterocycles. The third kappa shape index (κ3) is 11.8. The van der Waals surface area contributed by atoms with Crippen LogP contribution >= 0.6 is 11.8 Å². The Morgan fingerprint density at radius 3 is 2.33 bits per heavy atom. The van der Waals surface area contributed by atoms with E-state index in [1.165, 1.54) is 24.6 Å². The van der Waals surface area contributed by atoms with Gasteiger partial charge in [0.1, 0.15) is 17.4 Å². The van der Waals surface area contributed by atoms with Gasteiger partial charge in [-0.15, -0.1) is 0 Å². The monoisotopic (exact) mass is 267 g/mol. The predicted octanol–water partition coefficient (Wildman–Crippen LogP) is 4.42. The summed E-state index contributed by atoms with van der Waals surface area (Å²) in [4.78, 5) is 0. The predicted molar refractivity (Wildman–Crippen MR) is 78.9 cm³/mol. The average Bonchev–Trinajstić information content (AvgIpc) is 2.29. The molecule has 3 heteroatoms. The molecular formula is C15H25NOS. The van der Waals surface area contributed by atoms with Crippen LogP contribution in [0.3, 0.4) is 0 Å². The zero-order valence-corrected chi connectivity index (χ0v) is 12.8. The molecule has 0 aromatic carbocycles. The molecule has 0 N–H and O–H groups in total. The largest absolute Gasteiger partial charge is 0.354 e. The molecule has 102 valence electrons. The Labute approximate surface area is 116 Å². The van der Waals surface area contributed by atoms with E-state index in [0.717, 1.165) is 18.8 Å². The third-order valence-corrected chi connectivity index (χ3v) is 3.13. The number of hydrogen-bond donors (Lipinski definition) is 0. The highest BCUT2D eigenvalue weighted by atomic mass is 32.2. The normalized spacial score (nSPS) is 12.1. The Balaban J connectivity index is 3.80. The molecular weight excluding hydrogens is 242 g/mol. The van der Waals surface area contributed by atoms with Gasteiger partial charge in [-0.2, -0.15) is 5.26 Å². The Hall–Kier alpha value is -0.640. The molecule has 18 heavy (non-hydrogen) atoms. The van der Waals surface area contributed by atoms with Crippen LogP contribution in [-0.2, 0) is 4.74 Å². The molecule has 0 spiro atoms. The van der Waals surface area contributed by atoms with Crippen molar-refractivity contribution in [1.82, 2.24) is 0 Å². The van der Waals surface area contributed by atoms with E-state index in [0.29, 0.717) is 12.5 Å². The van der Waals surface area contributed by atoms with Gasteiger partial charge in [0.25, 0.3) is 0 Å².